The maximum atomic E-state index is 2.47. The summed E-state index contributed by atoms with van der Waals surface area (Å²) >= 11 is 0. The summed E-state index contributed by atoms with van der Waals surface area (Å²) in [6, 6.07) is 0. The molecule has 0 nitrogen and oxygen atoms in total. The van der Waals surface area contributed by atoms with Crippen molar-refractivity contribution < 1.29 is 0 Å². The van der Waals surface area contributed by atoms with Crippen LogP contribution in [0.15, 0.2) is 0 Å². The van der Waals surface area contributed by atoms with Crippen LogP contribution in [0.5, 0.6) is 0 Å². The van der Waals surface area contributed by atoms with Gasteiger partial charge in [-0.15, -0.1) is 0 Å². The van der Waals surface area contributed by atoms with Crippen molar-refractivity contribution in [3.8, 4) is 0 Å². The molecule has 4 atom stereocenters. The predicted octanol–water partition coefficient (Wildman–Crippen LogP) is 5.38. The first-order valence-corrected chi connectivity index (χ1v) is 7.45. The predicted molar refractivity (Wildman–Crippen MR) is 73.5 cm³/mol. The first kappa shape index (κ1) is 14.1. The average molecular weight is 224 g/mol. The first-order chi connectivity index (χ1) is 7.45. The fraction of sp³-hybridized carbons (Fsp3) is 1.00. The molecule has 96 valence electrons. The topological polar surface area (TPSA) is 0 Å². The van der Waals surface area contributed by atoms with Gasteiger partial charge in [-0.3, -0.25) is 0 Å². The van der Waals surface area contributed by atoms with Gasteiger partial charge in [-0.25, -0.2) is 0 Å². The number of rotatable bonds is 5. The third kappa shape index (κ3) is 3.50. The van der Waals surface area contributed by atoms with Gasteiger partial charge in [0.05, 0.1) is 0 Å². The fourth-order valence-corrected chi connectivity index (χ4v) is 3.60. The van der Waals surface area contributed by atoms with Gasteiger partial charge in [0.15, 0.2) is 0 Å². The highest BCUT2D eigenvalue weighted by molar-refractivity contribution is 4.85. The molecule has 0 aromatic rings. The lowest BCUT2D eigenvalue weighted by Gasteiger charge is -2.30. The molecule has 1 aliphatic carbocycles. The highest BCUT2D eigenvalue weighted by Gasteiger charge is 2.35. The summed E-state index contributed by atoms with van der Waals surface area (Å²) < 4.78 is 0. The van der Waals surface area contributed by atoms with Crippen molar-refractivity contribution in [3.05, 3.63) is 0 Å². The van der Waals surface area contributed by atoms with E-state index >= 15 is 0 Å². The third-order valence-electron chi connectivity index (χ3n) is 5.04. The van der Waals surface area contributed by atoms with E-state index in [0.29, 0.717) is 0 Å². The SMILES string of the molecule is CCC(C)C(CC(C)C)C1CC(C)C(C)C1. The quantitative estimate of drug-likeness (QED) is 0.588. The van der Waals surface area contributed by atoms with E-state index in [9.17, 15) is 0 Å². The van der Waals surface area contributed by atoms with Gasteiger partial charge in [-0.1, -0.05) is 48.0 Å². The lowest BCUT2D eigenvalue weighted by molar-refractivity contribution is 0.195. The minimum atomic E-state index is 0.866. The largest absolute Gasteiger partial charge is 0.0651 e. The molecule has 1 fully saturated rings. The Hall–Kier alpha value is 0. The molecular weight excluding hydrogens is 192 g/mol. The molecule has 0 amide bonds. The monoisotopic (exact) mass is 224 g/mol. The third-order valence-corrected chi connectivity index (χ3v) is 5.04. The molecule has 0 spiro atoms. The second-order valence-electron chi connectivity index (χ2n) is 6.86. The maximum Gasteiger partial charge on any atom is -0.0358 e. The van der Waals surface area contributed by atoms with Crippen LogP contribution in [0.4, 0.5) is 0 Å². The van der Waals surface area contributed by atoms with Crippen molar-refractivity contribution in [2.75, 3.05) is 0 Å². The Kier molecular flexibility index (Phi) is 5.34. The molecule has 1 saturated carbocycles. The minimum Gasteiger partial charge on any atom is -0.0651 e. The number of hydrogen-bond acceptors (Lipinski definition) is 0. The van der Waals surface area contributed by atoms with Crippen LogP contribution in [-0.2, 0) is 0 Å². The molecule has 0 aromatic heterocycles. The summed E-state index contributed by atoms with van der Waals surface area (Å²) in [6.07, 6.45) is 5.78. The fourth-order valence-electron chi connectivity index (χ4n) is 3.60. The molecule has 0 saturated heterocycles. The van der Waals surface area contributed by atoms with Crippen LogP contribution >= 0.6 is 0 Å². The second kappa shape index (κ2) is 6.07. The van der Waals surface area contributed by atoms with Crippen LogP contribution in [0.2, 0.25) is 0 Å². The molecule has 16 heavy (non-hydrogen) atoms. The van der Waals surface area contributed by atoms with Crippen molar-refractivity contribution in [3.63, 3.8) is 0 Å². The van der Waals surface area contributed by atoms with Gasteiger partial charge in [0.25, 0.3) is 0 Å². The van der Waals surface area contributed by atoms with Gasteiger partial charge >= 0.3 is 0 Å². The maximum absolute atomic E-state index is 2.47. The smallest absolute Gasteiger partial charge is 0.0358 e. The van der Waals surface area contributed by atoms with Crippen LogP contribution in [0.1, 0.15) is 67.2 Å². The van der Waals surface area contributed by atoms with Crippen molar-refractivity contribution in [1.29, 1.82) is 0 Å². The second-order valence-corrected chi connectivity index (χ2v) is 6.86. The Morgan fingerprint density at radius 1 is 1.00 bits per heavy atom. The molecule has 0 heteroatoms. The number of hydrogen-bond donors (Lipinski definition) is 0. The van der Waals surface area contributed by atoms with E-state index in [2.05, 4.69) is 41.5 Å². The Bertz CT molecular complexity index is 184. The molecular formula is C16H32. The van der Waals surface area contributed by atoms with E-state index in [-0.39, 0.29) is 0 Å². The average Bonchev–Trinajstić information content (AvgIpc) is 2.54. The molecule has 4 unspecified atom stereocenters. The van der Waals surface area contributed by atoms with Crippen LogP contribution in [0, 0.1) is 35.5 Å². The zero-order valence-corrected chi connectivity index (χ0v) is 12.3. The Labute approximate surface area is 103 Å². The Balaban J connectivity index is 2.62. The summed E-state index contributed by atoms with van der Waals surface area (Å²) in [7, 11) is 0. The molecule has 1 aliphatic rings. The van der Waals surface area contributed by atoms with Gasteiger partial charge in [0, 0.05) is 0 Å². The molecule has 1 rings (SSSR count). The van der Waals surface area contributed by atoms with Crippen molar-refractivity contribution >= 4 is 0 Å². The molecule has 0 heterocycles. The van der Waals surface area contributed by atoms with Gasteiger partial charge in [0.2, 0.25) is 0 Å². The highest BCUT2D eigenvalue weighted by Crippen LogP contribution is 2.44. The normalized spacial score (nSPS) is 34.3. The first-order valence-electron chi connectivity index (χ1n) is 7.45. The molecule has 0 aromatic carbocycles. The Morgan fingerprint density at radius 3 is 1.88 bits per heavy atom. The summed E-state index contributed by atoms with van der Waals surface area (Å²) in [5.41, 5.74) is 0. The van der Waals surface area contributed by atoms with Crippen LogP contribution in [-0.4, -0.2) is 0 Å². The van der Waals surface area contributed by atoms with E-state index in [4.69, 9.17) is 0 Å². The lowest BCUT2D eigenvalue weighted by atomic mass is 9.75. The van der Waals surface area contributed by atoms with E-state index < -0.39 is 0 Å². The van der Waals surface area contributed by atoms with Gasteiger partial charge in [-0.2, -0.15) is 0 Å². The van der Waals surface area contributed by atoms with Gasteiger partial charge in [0.1, 0.15) is 0 Å². The van der Waals surface area contributed by atoms with Gasteiger partial charge < -0.3 is 0 Å². The summed E-state index contributed by atoms with van der Waals surface area (Å²) in [6.45, 7) is 14.5. The lowest BCUT2D eigenvalue weighted by Crippen LogP contribution is -2.22. The van der Waals surface area contributed by atoms with E-state index in [1.54, 1.807) is 0 Å². The van der Waals surface area contributed by atoms with Crippen molar-refractivity contribution in [2.24, 2.45) is 35.5 Å². The molecule has 0 aliphatic heterocycles. The molecule has 0 radical (unpaired) electrons. The summed E-state index contributed by atoms with van der Waals surface area (Å²) in [4.78, 5) is 0. The summed E-state index contributed by atoms with van der Waals surface area (Å²) in [5, 5.41) is 0. The molecule has 0 N–H and O–H groups in total. The Morgan fingerprint density at radius 2 is 1.50 bits per heavy atom. The molecule has 0 bridgehead atoms. The van der Waals surface area contributed by atoms with Crippen LogP contribution < -0.4 is 0 Å². The zero-order valence-electron chi connectivity index (χ0n) is 12.3. The summed E-state index contributed by atoms with van der Waals surface area (Å²) in [5.74, 6) is 5.71. The van der Waals surface area contributed by atoms with E-state index in [0.717, 1.165) is 35.5 Å². The van der Waals surface area contributed by atoms with Crippen LogP contribution in [0.25, 0.3) is 0 Å². The minimum absolute atomic E-state index is 0.866. The van der Waals surface area contributed by atoms with Gasteiger partial charge in [-0.05, 0) is 54.8 Å². The van der Waals surface area contributed by atoms with E-state index in [1.165, 1.54) is 25.7 Å². The van der Waals surface area contributed by atoms with Crippen molar-refractivity contribution in [1.82, 2.24) is 0 Å². The highest BCUT2D eigenvalue weighted by atomic mass is 14.4. The van der Waals surface area contributed by atoms with Crippen molar-refractivity contribution in [2.45, 2.75) is 67.2 Å². The van der Waals surface area contributed by atoms with E-state index in [1.807, 2.05) is 0 Å². The standard InChI is InChI=1S/C16H32/c1-7-12(4)16(8-11(2)3)15-9-13(5)14(6)10-15/h11-16H,7-10H2,1-6H3. The zero-order chi connectivity index (χ0) is 12.3. The van der Waals surface area contributed by atoms with Crippen LogP contribution in [0.3, 0.4) is 0 Å².